The highest BCUT2D eigenvalue weighted by Gasteiger charge is 2.20. The largest absolute Gasteiger partial charge is 0.343 e. The Morgan fingerprint density at radius 3 is 2.54 bits per heavy atom. The minimum atomic E-state index is 0.338. The van der Waals surface area contributed by atoms with Crippen LogP contribution >= 0.6 is 0 Å². The predicted molar refractivity (Wildman–Crippen MR) is 54.2 cm³/mol. The lowest BCUT2D eigenvalue weighted by Gasteiger charge is -2.31. The maximum absolute atomic E-state index is 11.5. The Hall–Kier alpha value is -0.530. The predicted octanol–water partition coefficient (Wildman–Crippen LogP) is 2.25. The third-order valence-corrected chi connectivity index (χ3v) is 2.84. The second kappa shape index (κ2) is 5.25. The molecular weight excluding hydrogens is 162 g/mol. The van der Waals surface area contributed by atoms with Gasteiger partial charge in [-0.2, -0.15) is 0 Å². The molecule has 0 saturated carbocycles. The second-order valence-electron chi connectivity index (χ2n) is 3.86. The van der Waals surface area contributed by atoms with E-state index < -0.39 is 0 Å². The summed E-state index contributed by atoms with van der Waals surface area (Å²) in [5.74, 6) is 1.09. The van der Waals surface area contributed by atoms with E-state index in [0.717, 1.165) is 51.1 Å². The van der Waals surface area contributed by atoms with E-state index in [0.29, 0.717) is 5.91 Å². The molecule has 0 bridgehead atoms. The Bertz CT molecular complexity index is 159. The van der Waals surface area contributed by atoms with E-state index in [9.17, 15) is 4.79 Å². The minimum Gasteiger partial charge on any atom is -0.343 e. The molecule has 0 aromatic heterocycles. The summed E-state index contributed by atoms with van der Waals surface area (Å²) in [6.07, 6.45) is 5.01. The summed E-state index contributed by atoms with van der Waals surface area (Å²) >= 11 is 0. The van der Waals surface area contributed by atoms with Crippen LogP contribution in [-0.2, 0) is 4.79 Å². The maximum atomic E-state index is 11.5. The zero-order valence-corrected chi connectivity index (χ0v) is 8.59. The Kier molecular flexibility index (Phi) is 4.26. The molecule has 0 aromatic rings. The van der Waals surface area contributed by atoms with Crippen LogP contribution in [0.1, 0.15) is 39.0 Å². The number of hydrogen-bond acceptors (Lipinski definition) is 1. The molecule has 1 saturated heterocycles. The molecule has 1 rings (SSSR count). The number of likely N-dealkylation sites (tertiary alicyclic amines) is 1. The molecule has 0 spiro atoms. The second-order valence-corrected chi connectivity index (χ2v) is 3.86. The van der Waals surface area contributed by atoms with Gasteiger partial charge in [-0.05, 0) is 25.2 Å². The van der Waals surface area contributed by atoms with E-state index in [4.69, 9.17) is 0 Å². The zero-order chi connectivity index (χ0) is 9.68. The molecule has 2 nitrogen and oxygen atoms in total. The number of carbonyl (C=O) groups excluding carboxylic acids is 1. The van der Waals surface area contributed by atoms with Crippen LogP contribution in [-0.4, -0.2) is 23.9 Å². The monoisotopic (exact) mass is 182 g/mol. The smallest absolute Gasteiger partial charge is 0.222 e. The molecule has 0 unspecified atom stereocenters. The van der Waals surface area contributed by atoms with Gasteiger partial charge in [0.15, 0.2) is 0 Å². The SMILES string of the molecule is [CH2]CC1CCN(C(=O)CCC)CC1. The standard InChI is InChI=1S/C11H20NO/c1-3-5-11(13)12-8-6-10(4-2)7-9-12/h10H,2-9H2,1H3. The summed E-state index contributed by atoms with van der Waals surface area (Å²) in [5, 5.41) is 0. The quantitative estimate of drug-likeness (QED) is 0.655. The third-order valence-electron chi connectivity index (χ3n) is 2.84. The van der Waals surface area contributed by atoms with Crippen molar-refractivity contribution in [3.63, 3.8) is 0 Å². The lowest BCUT2D eigenvalue weighted by Crippen LogP contribution is -2.38. The van der Waals surface area contributed by atoms with Gasteiger partial charge in [0.2, 0.25) is 5.91 Å². The van der Waals surface area contributed by atoms with Crippen molar-refractivity contribution in [3.05, 3.63) is 6.92 Å². The summed E-state index contributed by atoms with van der Waals surface area (Å²) < 4.78 is 0. The first-order valence-electron chi connectivity index (χ1n) is 5.35. The highest BCUT2D eigenvalue weighted by molar-refractivity contribution is 5.76. The van der Waals surface area contributed by atoms with E-state index >= 15 is 0 Å². The number of carbonyl (C=O) groups is 1. The summed E-state index contributed by atoms with van der Waals surface area (Å²) in [7, 11) is 0. The van der Waals surface area contributed by atoms with Gasteiger partial charge in [-0.25, -0.2) is 0 Å². The van der Waals surface area contributed by atoms with Crippen molar-refractivity contribution in [1.29, 1.82) is 0 Å². The van der Waals surface area contributed by atoms with Crippen molar-refractivity contribution in [3.8, 4) is 0 Å². The number of amides is 1. The molecule has 1 heterocycles. The average Bonchev–Trinajstić information content (AvgIpc) is 2.18. The average molecular weight is 182 g/mol. The number of piperidine rings is 1. The van der Waals surface area contributed by atoms with Crippen molar-refractivity contribution in [1.82, 2.24) is 4.90 Å². The van der Waals surface area contributed by atoms with Gasteiger partial charge in [0.05, 0.1) is 0 Å². The van der Waals surface area contributed by atoms with Gasteiger partial charge in [0.25, 0.3) is 0 Å². The summed E-state index contributed by atoms with van der Waals surface area (Å²) in [5.41, 5.74) is 0. The molecule has 1 fully saturated rings. The van der Waals surface area contributed by atoms with Gasteiger partial charge in [0.1, 0.15) is 0 Å². The minimum absolute atomic E-state index is 0.338. The molecule has 0 aliphatic carbocycles. The van der Waals surface area contributed by atoms with Crippen LogP contribution in [0, 0.1) is 12.8 Å². The molecule has 2 heteroatoms. The molecule has 1 aliphatic heterocycles. The van der Waals surface area contributed by atoms with Crippen LogP contribution in [0.15, 0.2) is 0 Å². The Balaban J connectivity index is 2.28. The van der Waals surface area contributed by atoms with Crippen LogP contribution in [0.2, 0.25) is 0 Å². The molecule has 0 atom stereocenters. The lowest BCUT2D eigenvalue weighted by atomic mass is 9.94. The first-order chi connectivity index (χ1) is 6.27. The van der Waals surface area contributed by atoms with Crippen LogP contribution in [0.5, 0.6) is 0 Å². The van der Waals surface area contributed by atoms with E-state index in [1.165, 1.54) is 0 Å². The van der Waals surface area contributed by atoms with Crippen LogP contribution in [0.3, 0.4) is 0 Å². The fraction of sp³-hybridized carbons (Fsp3) is 0.818. The number of rotatable bonds is 3. The van der Waals surface area contributed by atoms with Crippen molar-refractivity contribution < 1.29 is 4.79 Å². The maximum Gasteiger partial charge on any atom is 0.222 e. The van der Waals surface area contributed by atoms with Crippen molar-refractivity contribution in [2.24, 2.45) is 5.92 Å². The van der Waals surface area contributed by atoms with Gasteiger partial charge in [-0.3, -0.25) is 4.79 Å². The zero-order valence-electron chi connectivity index (χ0n) is 8.59. The Morgan fingerprint density at radius 2 is 2.08 bits per heavy atom. The topological polar surface area (TPSA) is 20.3 Å². The fourth-order valence-corrected chi connectivity index (χ4v) is 1.84. The molecular formula is C11H20NO. The van der Waals surface area contributed by atoms with E-state index in [1.807, 2.05) is 4.90 Å². The summed E-state index contributed by atoms with van der Waals surface area (Å²) in [6, 6.07) is 0. The highest BCUT2D eigenvalue weighted by Crippen LogP contribution is 2.20. The summed E-state index contributed by atoms with van der Waals surface area (Å²) in [6.45, 7) is 7.88. The van der Waals surface area contributed by atoms with E-state index in [2.05, 4.69) is 13.8 Å². The molecule has 13 heavy (non-hydrogen) atoms. The van der Waals surface area contributed by atoms with E-state index in [-0.39, 0.29) is 0 Å². The van der Waals surface area contributed by atoms with Crippen LogP contribution in [0.25, 0.3) is 0 Å². The molecule has 0 N–H and O–H groups in total. The Morgan fingerprint density at radius 1 is 1.46 bits per heavy atom. The van der Waals surface area contributed by atoms with Crippen LogP contribution < -0.4 is 0 Å². The lowest BCUT2D eigenvalue weighted by molar-refractivity contribution is -0.132. The van der Waals surface area contributed by atoms with Gasteiger partial charge in [-0.15, -0.1) is 0 Å². The molecule has 1 amide bonds. The fourth-order valence-electron chi connectivity index (χ4n) is 1.84. The van der Waals surface area contributed by atoms with Crippen molar-refractivity contribution in [2.75, 3.05) is 13.1 Å². The number of hydrogen-bond donors (Lipinski definition) is 0. The van der Waals surface area contributed by atoms with Crippen molar-refractivity contribution >= 4 is 5.91 Å². The first-order valence-corrected chi connectivity index (χ1v) is 5.35. The first kappa shape index (κ1) is 10.6. The molecule has 0 aromatic carbocycles. The highest BCUT2D eigenvalue weighted by atomic mass is 16.2. The van der Waals surface area contributed by atoms with Gasteiger partial charge in [-0.1, -0.05) is 20.3 Å². The number of nitrogens with zero attached hydrogens (tertiary/aromatic N) is 1. The van der Waals surface area contributed by atoms with Crippen LogP contribution in [0.4, 0.5) is 0 Å². The van der Waals surface area contributed by atoms with Gasteiger partial charge >= 0.3 is 0 Å². The van der Waals surface area contributed by atoms with Gasteiger partial charge in [0, 0.05) is 19.5 Å². The van der Waals surface area contributed by atoms with E-state index in [1.54, 1.807) is 0 Å². The Labute approximate surface area is 81.3 Å². The molecule has 75 valence electrons. The normalized spacial score (nSPS) is 19.1. The van der Waals surface area contributed by atoms with Crippen molar-refractivity contribution in [2.45, 2.75) is 39.0 Å². The van der Waals surface area contributed by atoms with Gasteiger partial charge < -0.3 is 4.90 Å². The third kappa shape index (κ3) is 3.02. The molecule has 1 aliphatic rings. The summed E-state index contributed by atoms with van der Waals surface area (Å²) in [4.78, 5) is 13.5. The molecule has 1 radical (unpaired) electrons.